The van der Waals surface area contributed by atoms with Crippen molar-refractivity contribution in [2.75, 3.05) is 6.26 Å². The van der Waals surface area contributed by atoms with Crippen molar-refractivity contribution < 1.29 is 22.5 Å². The summed E-state index contributed by atoms with van der Waals surface area (Å²) in [5.74, 6) is -1.42. The van der Waals surface area contributed by atoms with Crippen molar-refractivity contribution in [1.29, 1.82) is 0 Å². The molecule has 0 saturated carbocycles. The highest BCUT2D eigenvalue weighted by Crippen LogP contribution is 2.26. The summed E-state index contributed by atoms with van der Waals surface area (Å²) in [5, 5.41) is 9.00. The molecule has 1 rings (SSSR count). The Kier molecular flexibility index (Phi) is 3.90. The normalized spacial score (nSPS) is 13.4. The van der Waals surface area contributed by atoms with E-state index in [0.717, 1.165) is 6.26 Å². The Labute approximate surface area is 97.7 Å². The van der Waals surface area contributed by atoms with Crippen LogP contribution in [0.25, 0.3) is 0 Å². The fourth-order valence-corrected chi connectivity index (χ4v) is 1.86. The number of hydrogen-bond donors (Lipinski definition) is 1. The van der Waals surface area contributed by atoms with Crippen LogP contribution in [0.5, 0.6) is 0 Å². The summed E-state index contributed by atoms with van der Waals surface area (Å²) in [4.78, 5) is 10.9. The van der Waals surface area contributed by atoms with Crippen LogP contribution in [0.3, 0.4) is 0 Å². The van der Waals surface area contributed by atoms with Crippen molar-refractivity contribution in [3.05, 3.63) is 34.9 Å². The van der Waals surface area contributed by atoms with E-state index in [1.165, 1.54) is 12.1 Å². The van der Waals surface area contributed by atoms with E-state index in [1.807, 2.05) is 0 Å². The summed E-state index contributed by atoms with van der Waals surface area (Å²) < 4.78 is 26.3. The molecule has 1 N–H and O–H groups in total. The first-order valence-electron chi connectivity index (χ1n) is 4.17. The van der Waals surface area contributed by atoms with Crippen LogP contribution in [0.15, 0.2) is 24.3 Å². The molecule has 0 radical (unpaired) electrons. The number of aliphatic carboxylic acids is 1. The quantitative estimate of drug-likeness (QED) is 0.833. The van der Waals surface area contributed by atoms with Crippen molar-refractivity contribution in [2.45, 2.75) is 6.10 Å². The molecule has 0 aromatic heterocycles. The number of hydrogen-bond acceptors (Lipinski definition) is 4. The van der Waals surface area contributed by atoms with Gasteiger partial charge in [0.25, 0.3) is 10.1 Å². The lowest BCUT2D eigenvalue weighted by molar-refractivity contribution is -0.145. The number of rotatable bonds is 4. The second kappa shape index (κ2) is 4.82. The van der Waals surface area contributed by atoms with Crippen LogP contribution >= 0.6 is 11.6 Å². The van der Waals surface area contributed by atoms with Crippen molar-refractivity contribution >= 4 is 27.7 Å². The first-order chi connectivity index (χ1) is 7.31. The van der Waals surface area contributed by atoms with Gasteiger partial charge in [-0.1, -0.05) is 29.8 Å². The van der Waals surface area contributed by atoms with Gasteiger partial charge < -0.3 is 5.11 Å². The summed E-state index contributed by atoms with van der Waals surface area (Å²) in [6.45, 7) is 0. The van der Waals surface area contributed by atoms with Crippen molar-refractivity contribution in [2.24, 2.45) is 0 Å². The Morgan fingerprint density at radius 1 is 1.44 bits per heavy atom. The number of carboxylic acid groups (broad SMARTS) is 1. The SMILES string of the molecule is CS(=O)(=O)O[C@@H](C(=O)O)c1ccccc1Cl. The topological polar surface area (TPSA) is 80.7 Å². The molecule has 0 aliphatic heterocycles. The Balaban J connectivity index is 3.14. The lowest BCUT2D eigenvalue weighted by Gasteiger charge is -2.13. The highest BCUT2D eigenvalue weighted by molar-refractivity contribution is 7.86. The summed E-state index contributed by atoms with van der Waals surface area (Å²) in [6.07, 6.45) is -0.844. The molecular formula is C9H9ClO5S. The van der Waals surface area contributed by atoms with Crippen molar-refractivity contribution in [3.8, 4) is 0 Å². The molecule has 0 aliphatic rings. The molecule has 5 nitrogen and oxygen atoms in total. The summed E-state index contributed by atoms with van der Waals surface area (Å²) in [6, 6.07) is 6.00. The smallest absolute Gasteiger partial charge is 0.339 e. The Morgan fingerprint density at radius 3 is 2.44 bits per heavy atom. The van der Waals surface area contributed by atoms with E-state index in [0.29, 0.717) is 0 Å². The predicted octanol–water partition coefficient (Wildman–Crippen LogP) is 1.44. The summed E-state index contributed by atoms with van der Waals surface area (Å²) >= 11 is 5.75. The molecule has 7 heteroatoms. The van der Waals surface area contributed by atoms with Gasteiger partial charge in [0.2, 0.25) is 6.10 Å². The van der Waals surface area contributed by atoms with Gasteiger partial charge in [-0.15, -0.1) is 0 Å². The van der Waals surface area contributed by atoms with Gasteiger partial charge in [-0.05, 0) is 6.07 Å². The number of halogens is 1. The van der Waals surface area contributed by atoms with Crippen LogP contribution in [-0.2, 0) is 19.1 Å². The first kappa shape index (κ1) is 13.0. The molecule has 0 bridgehead atoms. The monoisotopic (exact) mass is 264 g/mol. The lowest BCUT2D eigenvalue weighted by Crippen LogP contribution is -2.19. The van der Waals surface area contributed by atoms with Crippen LogP contribution in [0.2, 0.25) is 5.02 Å². The maximum Gasteiger partial charge on any atom is 0.339 e. The molecule has 0 unspecified atom stereocenters. The van der Waals surface area contributed by atoms with Gasteiger partial charge in [-0.25, -0.2) is 8.98 Å². The zero-order valence-corrected chi connectivity index (χ0v) is 9.83. The van der Waals surface area contributed by atoms with E-state index in [-0.39, 0.29) is 10.6 Å². The van der Waals surface area contributed by atoms with Gasteiger partial charge in [0.1, 0.15) is 0 Å². The fraction of sp³-hybridized carbons (Fsp3) is 0.222. The minimum atomic E-state index is -3.87. The Hall–Kier alpha value is -1.11. The molecule has 0 fully saturated rings. The molecule has 1 aromatic carbocycles. The fourth-order valence-electron chi connectivity index (χ4n) is 1.09. The molecule has 0 saturated heterocycles. The minimum Gasteiger partial charge on any atom is -0.479 e. The average Bonchev–Trinajstić information content (AvgIpc) is 2.13. The highest BCUT2D eigenvalue weighted by Gasteiger charge is 2.27. The Morgan fingerprint density at radius 2 is 2.00 bits per heavy atom. The van der Waals surface area contributed by atoms with Gasteiger partial charge in [0.05, 0.1) is 6.26 Å². The molecule has 0 aliphatic carbocycles. The summed E-state index contributed by atoms with van der Waals surface area (Å²) in [7, 11) is -3.87. The van der Waals surface area contributed by atoms with E-state index in [2.05, 4.69) is 4.18 Å². The first-order valence-corrected chi connectivity index (χ1v) is 6.36. The van der Waals surface area contributed by atoms with Gasteiger partial charge in [-0.3, -0.25) is 0 Å². The molecule has 0 heterocycles. The van der Waals surface area contributed by atoms with E-state index in [1.54, 1.807) is 12.1 Å². The summed E-state index contributed by atoms with van der Waals surface area (Å²) in [5.41, 5.74) is 0.0992. The van der Waals surface area contributed by atoms with Crippen LogP contribution in [0.1, 0.15) is 11.7 Å². The van der Waals surface area contributed by atoms with E-state index in [9.17, 15) is 13.2 Å². The van der Waals surface area contributed by atoms with Crippen molar-refractivity contribution in [3.63, 3.8) is 0 Å². The zero-order valence-electron chi connectivity index (χ0n) is 8.25. The van der Waals surface area contributed by atoms with E-state index in [4.69, 9.17) is 16.7 Å². The van der Waals surface area contributed by atoms with Crippen LogP contribution in [0, 0.1) is 0 Å². The average molecular weight is 265 g/mol. The van der Waals surface area contributed by atoms with Gasteiger partial charge in [0, 0.05) is 10.6 Å². The zero-order chi connectivity index (χ0) is 12.3. The number of benzene rings is 1. The molecule has 0 amide bonds. The van der Waals surface area contributed by atoms with Crippen molar-refractivity contribution in [1.82, 2.24) is 0 Å². The second-order valence-electron chi connectivity index (χ2n) is 3.04. The third-order valence-corrected chi connectivity index (χ3v) is 2.57. The molecule has 0 spiro atoms. The maximum absolute atomic E-state index is 10.9. The minimum absolute atomic E-state index is 0.0992. The number of carbonyl (C=O) groups is 1. The van der Waals surface area contributed by atoms with Crippen LogP contribution < -0.4 is 0 Å². The molecular weight excluding hydrogens is 256 g/mol. The third-order valence-electron chi connectivity index (χ3n) is 1.68. The van der Waals surface area contributed by atoms with E-state index >= 15 is 0 Å². The molecule has 1 aromatic rings. The standard InChI is InChI=1S/C9H9ClO5S/c1-16(13,14)15-8(9(11)12)6-4-2-3-5-7(6)10/h2-5,8H,1H3,(H,11,12)/t8-/m1/s1. The van der Waals surface area contributed by atoms with Gasteiger partial charge >= 0.3 is 5.97 Å². The molecule has 88 valence electrons. The maximum atomic E-state index is 10.9. The number of carboxylic acids is 1. The molecule has 1 atom stereocenters. The van der Waals surface area contributed by atoms with E-state index < -0.39 is 22.2 Å². The lowest BCUT2D eigenvalue weighted by atomic mass is 10.1. The second-order valence-corrected chi connectivity index (χ2v) is 5.05. The third kappa shape index (κ3) is 3.48. The van der Waals surface area contributed by atoms with Gasteiger partial charge in [0.15, 0.2) is 0 Å². The largest absolute Gasteiger partial charge is 0.479 e. The van der Waals surface area contributed by atoms with Gasteiger partial charge in [-0.2, -0.15) is 8.42 Å². The van der Waals surface area contributed by atoms with Crippen LogP contribution in [0.4, 0.5) is 0 Å². The Bertz CT molecular complexity index is 496. The predicted molar refractivity (Wildman–Crippen MR) is 57.8 cm³/mol. The highest BCUT2D eigenvalue weighted by atomic mass is 35.5. The molecule has 16 heavy (non-hydrogen) atoms. The van der Waals surface area contributed by atoms with Crippen LogP contribution in [-0.4, -0.2) is 25.7 Å².